The standard InChI is InChI=1S/C13H17FN2O/c1-9(7-8-15)16(3)12-6-4-5-11(14)13(12)10(2)17/h4-6,9-10,17H,7H2,1-3H3/t9?,10-/m0/s1. The molecule has 3 nitrogen and oxygen atoms in total. The van der Waals surface area contributed by atoms with Crippen LogP contribution in [0, 0.1) is 17.1 Å². The van der Waals surface area contributed by atoms with Crippen molar-refractivity contribution in [2.75, 3.05) is 11.9 Å². The van der Waals surface area contributed by atoms with Gasteiger partial charge in [-0.2, -0.15) is 5.26 Å². The summed E-state index contributed by atoms with van der Waals surface area (Å²) in [6.45, 7) is 3.42. The van der Waals surface area contributed by atoms with Crippen LogP contribution in [0.5, 0.6) is 0 Å². The predicted octanol–water partition coefficient (Wildman–Crippen LogP) is 2.62. The maximum absolute atomic E-state index is 13.7. The molecule has 0 radical (unpaired) electrons. The molecule has 17 heavy (non-hydrogen) atoms. The summed E-state index contributed by atoms with van der Waals surface area (Å²) in [4.78, 5) is 1.81. The Hall–Kier alpha value is -1.60. The van der Waals surface area contributed by atoms with E-state index in [-0.39, 0.29) is 11.6 Å². The van der Waals surface area contributed by atoms with Crippen LogP contribution in [-0.4, -0.2) is 18.2 Å². The predicted molar refractivity (Wildman–Crippen MR) is 65.1 cm³/mol. The van der Waals surface area contributed by atoms with Gasteiger partial charge in [0.15, 0.2) is 0 Å². The molecule has 0 amide bonds. The highest BCUT2D eigenvalue weighted by Crippen LogP contribution is 2.29. The third-order valence-corrected chi connectivity index (χ3v) is 2.88. The molecule has 0 aromatic heterocycles. The SMILES string of the molecule is CC(CC#N)N(C)c1cccc(F)c1[C@H](C)O. The summed E-state index contributed by atoms with van der Waals surface area (Å²) < 4.78 is 13.7. The van der Waals surface area contributed by atoms with Gasteiger partial charge in [0.25, 0.3) is 0 Å². The number of hydrogen-bond donors (Lipinski definition) is 1. The van der Waals surface area contributed by atoms with Crippen molar-refractivity contribution in [3.63, 3.8) is 0 Å². The van der Waals surface area contributed by atoms with Crippen molar-refractivity contribution in [3.8, 4) is 6.07 Å². The second-order valence-corrected chi connectivity index (χ2v) is 4.17. The first-order valence-corrected chi connectivity index (χ1v) is 5.55. The fraction of sp³-hybridized carbons (Fsp3) is 0.462. The molecule has 1 aromatic carbocycles. The van der Waals surface area contributed by atoms with Crippen molar-refractivity contribution >= 4 is 5.69 Å². The van der Waals surface area contributed by atoms with Gasteiger partial charge < -0.3 is 10.0 Å². The summed E-state index contributed by atoms with van der Waals surface area (Å²) in [5, 5.41) is 18.3. The first-order chi connectivity index (χ1) is 7.99. The Bertz CT molecular complexity index is 426. The molecule has 1 rings (SSSR count). The van der Waals surface area contributed by atoms with Crippen LogP contribution >= 0.6 is 0 Å². The van der Waals surface area contributed by atoms with Gasteiger partial charge in [-0.25, -0.2) is 4.39 Å². The van der Waals surface area contributed by atoms with Crippen LogP contribution in [-0.2, 0) is 0 Å². The van der Waals surface area contributed by atoms with Gasteiger partial charge in [0, 0.05) is 24.3 Å². The average Bonchev–Trinajstić information content (AvgIpc) is 2.27. The summed E-state index contributed by atoms with van der Waals surface area (Å²) in [5.41, 5.74) is 0.905. The minimum Gasteiger partial charge on any atom is -0.389 e. The van der Waals surface area contributed by atoms with Crippen LogP contribution in [0.15, 0.2) is 18.2 Å². The van der Waals surface area contributed by atoms with Crippen LogP contribution < -0.4 is 4.90 Å². The summed E-state index contributed by atoms with van der Waals surface area (Å²) >= 11 is 0. The van der Waals surface area contributed by atoms with Gasteiger partial charge >= 0.3 is 0 Å². The second-order valence-electron chi connectivity index (χ2n) is 4.17. The molecule has 0 aliphatic carbocycles. The zero-order valence-corrected chi connectivity index (χ0v) is 10.3. The van der Waals surface area contributed by atoms with Crippen LogP contribution in [0.2, 0.25) is 0 Å². The lowest BCUT2D eigenvalue weighted by molar-refractivity contribution is 0.194. The third-order valence-electron chi connectivity index (χ3n) is 2.88. The van der Waals surface area contributed by atoms with Gasteiger partial charge in [0.05, 0.1) is 18.6 Å². The Morgan fingerprint density at radius 1 is 1.47 bits per heavy atom. The van der Waals surface area contributed by atoms with E-state index in [1.165, 1.54) is 13.0 Å². The summed E-state index contributed by atoms with van der Waals surface area (Å²) in [6, 6.07) is 6.74. The van der Waals surface area contributed by atoms with Crippen LogP contribution in [0.25, 0.3) is 0 Å². The molecular weight excluding hydrogens is 219 g/mol. The van der Waals surface area contributed by atoms with E-state index in [2.05, 4.69) is 6.07 Å². The number of anilines is 1. The molecule has 0 fully saturated rings. The van der Waals surface area contributed by atoms with Gasteiger partial charge in [-0.05, 0) is 26.0 Å². The molecule has 0 saturated carbocycles. The number of aliphatic hydroxyl groups excluding tert-OH is 1. The van der Waals surface area contributed by atoms with Gasteiger partial charge in [-0.1, -0.05) is 6.07 Å². The van der Waals surface area contributed by atoms with Crippen molar-refractivity contribution in [2.45, 2.75) is 32.4 Å². The van der Waals surface area contributed by atoms with Crippen LogP contribution in [0.1, 0.15) is 31.9 Å². The first-order valence-electron chi connectivity index (χ1n) is 5.55. The van der Waals surface area contributed by atoms with Crippen molar-refractivity contribution < 1.29 is 9.50 Å². The Balaban J connectivity index is 3.13. The average molecular weight is 236 g/mol. The van der Waals surface area contributed by atoms with E-state index in [9.17, 15) is 9.50 Å². The molecular formula is C13H17FN2O. The summed E-state index contributed by atoms with van der Waals surface area (Å²) in [7, 11) is 1.79. The second kappa shape index (κ2) is 5.65. The van der Waals surface area contributed by atoms with Gasteiger partial charge in [0.1, 0.15) is 5.82 Å². The van der Waals surface area contributed by atoms with Gasteiger partial charge in [-0.15, -0.1) is 0 Å². The van der Waals surface area contributed by atoms with E-state index in [0.29, 0.717) is 12.1 Å². The summed E-state index contributed by atoms with van der Waals surface area (Å²) in [5.74, 6) is -0.423. The van der Waals surface area contributed by atoms with E-state index < -0.39 is 11.9 Å². The molecule has 92 valence electrons. The van der Waals surface area contributed by atoms with Crippen LogP contribution in [0.3, 0.4) is 0 Å². The maximum atomic E-state index is 13.7. The molecule has 1 N–H and O–H groups in total. The van der Waals surface area contributed by atoms with Crippen LogP contribution in [0.4, 0.5) is 10.1 Å². The highest BCUT2D eigenvalue weighted by Gasteiger charge is 2.19. The maximum Gasteiger partial charge on any atom is 0.131 e. The molecule has 0 spiro atoms. The Labute approximate surface area is 101 Å². The molecule has 1 aromatic rings. The first kappa shape index (κ1) is 13.5. The van der Waals surface area contributed by atoms with Gasteiger partial charge in [-0.3, -0.25) is 0 Å². The van der Waals surface area contributed by atoms with Crippen molar-refractivity contribution in [2.24, 2.45) is 0 Å². The van der Waals surface area contributed by atoms with E-state index in [1.807, 2.05) is 11.8 Å². The minimum atomic E-state index is -0.872. The molecule has 1 unspecified atom stereocenters. The molecule has 0 aliphatic heterocycles. The number of benzene rings is 1. The number of hydrogen-bond acceptors (Lipinski definition) is 3. The normalized spacial score (nSPS) is 13.9. The third kappa shape index (κ3) is 2.95. The number of nitrogens with zero attached hydrogens (tertiary/aromatic N) is 2. The number of halogens is 1. The minimum absolute atomic E-state index is 0.0284. The van der Waals surface area contributed by atoms with Crippen molar-refractivity contribution in [1.82, 2.24) is 0 Å². The molecule has 0 heterocycles. The molecule has 0 aliphatic rings. The van der Waals surface area contributed by atoms with E-state index in [4.69, 9.17) is 5.26 Å². The van der Waals surface area contributed by atoms with Gasteiger partial charge in [0.2, 0.25) is 0 Å². The van der Waals surface area contributed by atoms with Crippen molar-refractivity contribution in [1.29, 1.82) is 5.26 Å². The topological polar surface area (TPSA) is 47.3 Å². The zero-order chi connectivity index (χ0) is 13.0. The lowest BCUT2D eigenvalue weighted by Gasteiger charge is -2.28. The Kier molecular flexibility index (Phi) is 4.47. The molecule has 2 atom stereocenters. The molecule has 4 heteroatoms. The Morgan fingerprint density at radius 3 is 2.65 bits per heavy atom. The fourth-order valence-electron chi connectivity index (χ4n) is 1.75. The fourth-order valence-corrected chi connectivity index (χ4v) is 1.75. The lowest BCUT2D eigenvalue weighted by atomic mass is 10.1. The smallest absolute Gasteiger partial charge is 0.131 e. The highest BCUT2D eigenvalue weighted by molar-refractivity contribution is 5.55. The molecule has 0 bridgehead atoms. The number of aliphatic hydroxyl groups is 1. The number of nitriles is 1. The quantitative estimate of drug-likeness (QED) is 0.874. The highest BCUT2D eigenvalue weighted by atomic mass is 19.1. The number of rotatable bonds is 4. The largest absolute Gasteiger partial charge is 0.389 e. The van der Waals surface area contributed by atoms with Crippen molar-refractivity contribution in [3.05, 3.63) is 29.6 Å². The zero-order valence-electron chi connectivity index (χ0n) is 10.3. The summed E-state index contributed by atoms with van der Waals surface area (Å²) in [6.07, 6.45) is -0.519. The lowest BCUT2D eigenvalue weighted by Crippen LogP contribution is -2.29. The van der Waals surface area contributed by atoms with E-state index in [1.54, 1.807) is 19.2 Å². The van der Waals surface area contributed by atoms with E-state index in [0.717, 1.165) is 0 Å². The Morgan fingerprint density at radius 2 is 2.12 bits per heavy atom. The van der Waals surface area contributed by atoms with E-state index >= 15 is 0 Å². The monoisotopic (exact) mass is 236 g/mol. The molecule has 0 saturated heterocycles.